The topological polar surface area (TPSA) is 29.9 Å². The third kappa shape index (κ3) is 3.35. The van der Waals surface area contributed by atoms with E-state index in [0.717, 1.165) is 12.5 Å². The molecule has 2 rings (SSSR count). The van der Waals surface area contributed by atoms with E-state index in [0.29, 0.717) is 6.04 Å². The highest BCUT2D eigenvalue weighted by Crippen LogP contribution is 2.24. The summed E-state index contributed by atoms with van der Waals surface area (Å²) in [6.45, 7) is 9.86. The molecule has 18 heavy (non-hydrogen) atoms. The lowest BCUT2D eigenvalue weighted by atomic mass is 9.86. The van der Waals surface area contributed by atoms with Crippen molar-refractivity contribution in [3.8, 4) is 0 Å². The van der Waals surface area contributed by atoms with Gasteiger partial charge in [0.25, 0.3) is 0 Å². The van der Waals surface area contributed by atoms with Crippen molar-refractivity contribution in [2.45, 2.75) is 71.5 Å². The molecule has 1 fully saturated rings. The predicted molar refractivity (Wildman–Crippen MR) is 75.5 cm³/mol. The van der Waals surface area contributed by atoms with E-state index in [4.69, 9.17) is 0 Å². The molecule has 0 bridgehead atoms. The summed E-state index contributed by atoms with van der Waals surface area (Å²) in [6, 6.07) is 0.691. The second-order valence-electron chi connectivity index (χ2n) is 6.71. The van der Waals surface area contributed by atoms with E-state index in [1.54, 1.807) is 0 Å². The van der Waals surface area contributed by atoms with Crippen LogP contribution in [0.15, 0.2) is 12.4 Å². The molecule has 1 aromatic heterocycles. The van der Waals surface area contributed by atoms with Crippen molar-refractivity contribution in [3.05, 3.63) is 18.0 Å². The molecule has 0 radical (unpaired) electrons. The Bertz CT molecular complexity index is 375. The van der Waals surface area contributed by atoms with E-state index in [2.05, 4.69) is 44.3 Å². The van der Waals surface area contributed by atoms with Crippen LogP contribution in [0.2, 0.25) is 0 Å². The van der Waals surface area contributed by atoms with Crippen LogP contribution in [-0.2, 0) is 12.1 Å². The van der Waals surface area contributed by atoms with Crippen molar-refractivity contribution in [2.75, 3.05) is 0 Å². The minimum Gasteiger partial charge on any atom is -0.310 e. The van der Waals surface area contributed by atoms with E-state index in [1.165, 1.54) is 31.2 Å². The first-order chi connectivity index (χ1) is 8.47. The van der Waals surface area contributed by atoms with Crippen molar-refractivity contribution in [1.29, 1.82) is 0 Å². The zero-order valence-electron chi connectivity index (χ0n) is 12.2. The molecule has 1 aliphatic carbocycles. The standard InChI is InChI=1S/C15H27N3/c1-12-7-5-6-8-14(12)16-9-13-10-17-18(11-13)15(2,3)4/h10-12,14,16H,5-9H2,1-4H3. The van der Waals surface area contributed by atoms with Gasteiger partial charge in [0.1, 0.15) is 0 Å². The lowest BCUT2D eigenvalue weighted by molar-refractivity contribution is 0.279. The SMILES string of the molecule is CC1CCCCC1NCc1cnn(C(C)(C)C)c1. The molecule has 1 heterocycles. The predicted octanol–water partition coefficient (Wildman–Crippen LogP) is 3.31. The quantitative estimate of drug-likeness (QED) is 0.890. The molecule has 0 aliphatic heterocycles. The van der Waals surface area contributed by atoms with Gasteiger partial charge in [-0.3, -0.25) is 4.68 Å². The zero-order valence-corrected chi connectivity index (χ0v) is 12.2. The highest BCUT2D eigenvalue weighted by molar-refractivity contribution is 5.05. The Morgan fingerprint density at radius 1 is 1.33 bits per heavy atom. The molecule has 3 nitrogen and oxygen atoms in total. The minimum atomic E-state index is 0.0797. The smallest absolute Gasteiger partial charge is 0.0543 e. The van der Waals surface area contributed by atoms with Gasteiger partial charge in [-0.2, -0.15) is 5.10 Å². The number of hydrogen-bond donors (Lipinski definition) is 1. The summed E-state index contributed by atoms with van der Waals surface area (Å²) in [4.78, 5) is 0. The summed E-state index contributed by atoms with van der Waals surface area (Å²) >= 11 is 0. The van der Waals surface area contributed by atoms with E-state index >= 15 is 0 Å². The highest BCUT2D eigenvalue weighted by atomic mass is 15.3. The Morgan fingerprint density at radius 2 is 2.06 bits per heavy atom. The maximum absolute atomic E-state index is 4.45. The van der Waals surface area contributed by atoms with Crippen LogP contribution < -0.4 is 5.32 Å². The molecular weight excluding hydrogens is 222 g/mol. The summed E-state index contributed by atoms with van der Waals surface area (Å²) in [7, 11) is 0. The third-order valence-electron chi connectivity index (χ3n) is 4.00. The summed E-state index contributed by atoms with van der Waals surface area (Å²) < 4.78 is 2.05. The molecule has 102 valence electrons. The van der Waals surface area contributed by atoms with Gasteiger partial charge in [-0.25, -0.2) is 0 Å². The van der Waals surface area contributed by atoms with E-state index in [1.807, 2.05) is 10.9 Å². The average Bonchev–Trinajstić information content (AvgIpc) is 2.76. The van der Waals surface area contributed by atoms with Gasteiger partial charge in [-0.15, -0.1) is 0 Å². The monoisotopic (exact) mass is 249 g/mol. The highest BCUT2D eigenvalue weighted by Gasteiger charge is 2.21. The second-order valence-corrected chi connectivity index (χ2v) is 6.71. The maximum Gasteiger partial charge on any atom is 0.0543 e. The van der Waals surface area contributed by atoms with Crippen LogP contribution in [-0.4, -0.2) is 15.8 Å². The van der Waals surface area contributed by atoms with Crippen LogP contribution in [0.4, 0.5) is 0 Å². The second kappa shape index (κ2) is 5.43. The number of rotatable bonds is 3. The van der Waals surface area contributed by atoms with Crippen molar-refractivity contribution in [1.82, 2.24) is 15.1 Å². The summed E-state index contributed by atoms with van der Waals surface area (Å²) in [6.07, 6.45) is 9.64. The minimum absolute atomic E-state index is 0.0797. The molecule has 0 aromatic carbocycles. The normalized spacial score (nSPS) is 25.3. The first-order valence-corrected chi connectivity index (χ1v) is 7.24. The van der Waals surface area contributed by atoms with Crippen LogP contribution in [0.5, 0.6) is 0 Å². The molecule has 0 spiro atoms. The lowest BCUT2D eigenvalue weighted by Crippen LogP contribution is -2.36. The van der Waals surface area contributed by atoms with Gasteiger partial charge in [0.2, 0.25) is 0 Å². The average molecular weight is 249 g/mol. The summed E-state index contributed by atoms with van der Waals surface area (Å²) in [5.41, 5.74) is 1.37. The van der Waals surface area contributed by atoms with Crippen molar-refractivity contribution >= 4 is 0 Å². The third-order valence-corrected chi connectivity index (χ3v) is 4.00. The lowest BCUT2D eigenvalue weighted by Gasteiger charge is -2.29. The van der Waals surface area contributed by atoms with Gasteiger partial charge in [0.05, 0.1) is 11.7 Å². The number of aromatic nitrogens is 2. The van der Waals surface area contributed by atoms with Gasteiger partial charge in [-0.1, -0.05) is 19.8 Å². The fourth-order valence-electron chi connectivity index (χ4n) is 2.69. The number of hydrogen-bond acceptors (Lipinski definition) is 2. The summed E-state index contributed by atoms with van der Waals surface area (Å²) in [5.74, 6) is 0.816. The largest absolute Gasteiger partial charge is 0.310 e. The molecular formula is C15H27N3. The first-order valence-electron chi connectivity index (χ1n) is 7.24. The fraction of sp³-hybridized carbons (Fsp3) is 0.800. The molecule has 1 saturated carbocycles. The Morgan fingerprint density at radius 3 is 2.67 bits per heavy atom. The van der Waals surface area contributed by atoms with E-state index < -0.39 is 0 Å². The molecule has 2 atom stereocenters. The molecule has 1 aromatic rings. The van der Waals surface area contributed by atoms with Crippen molar-refractivity contribution in [3.63, 3.8) is 0 Å². The van der Waals surface area contributed by atoms with E-state index in [9.17, 15) is 0 Å². The molecule has 1 N–H and O–H groups in total. The van der Waals surface area contributed by atoms with E-state index in [-0.39, 0.29) is 5.54 Å². The van der Waals surface area contributed by atoms with Gasteiger partial charge < -0.3 is 5.32 Å². The fourth-order valence-corrected chi connectivity index (χ4v) is 2.69. The van der Waals surface area contributed by atoms with Crippen LogP contribution in [0.1, 0.15) is 58.9 Å². The Kier molecular flexibility index (Phi) is 4.10. The van der Waals surface area contributed by atoms with Crippen LogP contribution in [0.3, 0.4) is 0 Å². The van der Waals surface area contributed by atoms with Crippen LogP contribution in [0.25, 0.3) is 0 Å². The van der Waals surface area contributed by atoms with Crippen LogP contribution in [0, 0.1) is 5.92 Å². The Hall–Kier alpha value is -0.830. The number of nitrogens with zero attached hydrogens (tertiary/aromatic N) is 2. The van der Waals surface area contributed by atoms with Crippen molar-refractivity contribution < 1.29 is 0 Å². The number of nitrogens with one attached hydrogen (secondary N) is 1. The van der Waals surface area contributed by atoms with Gasteiger partial charge >= 0.3 is 0 Å². The Labute approximate surface area is 111 Å². The van der Waals surface area contributed by atoms with Gasteiger partial charge in [-0.05, 0) is 39.5 Å². The van der Waals surface area contributed by atoms with Crippen molar-refractivity contribution in [2.24, 2.45) is 5.92 Å². The van der Waals surface area contributed by atoms with Gasteiger partial charge in [0, 0.05) is 24.3 Å². The first kappa shape index (κ1) is 13.6. The maximum atomic E-state index is 4.45. The zero-order chi connectivity index (χ0) is 13.2. The van der Waals surface area contributed by atoms with Crippen LogP contribution >= 0.6 is 0 Å². The molecule has 1 aliphatic rings. The Balaban J connectivity index is 1.88. The molecule has 3 heteroatoms. The summed E-state index contributed by atoms with van der Waals surface area (Å²) in [5, 5.41) is 8.15. The molecule has 2 unspecified atom stereocenters. The van der Waals surface area contributed by atoms with Gasteiger partial charge in [0.15, 0.2) is 0 Å². The molecule has 0 saturated heterocycles. The molecule has 0 amide bonds.